The van der Waals surface area contributed by atoms with Crippen LogP contribution in [0.4, 0.5) is 5.82 Å². The molecule has 1 aromatic heterocycles. The predicted molar refractivity (Wildman–Crippen MR) is 55.3 cm³/mol. The highest BCUT2D eigenvalue weighted by Crippen LogP contribution is 2.14. The molecule has 0 saturated carbocycles. The van der Waals surface area contributed by atoms with Crippen molar-refractivity contribution in [2.24, 2.45) is 0 Å². The quantitative estimate of drug-likeness (QED) is 0.675. The summed E-state index contributed by atoms with van der Waals surface area (Å²) in [5, 5.41) is 0. The molecule has 2 heterocycles. The molecule has 0 bridgehead atoms. The number of pyridine rings is 1. The second-order valence-electron chi connectivity index (χ2n) is 3.57. The van der Waals surface area contributed by atoms with E-state index in [1.807, 2.05) is 18.2 Å². The zero-order valence-corrected chi connectivity index (χ0v) is 8.15. The highest BCUT2D eigenvalue weighted by molar-refractivity contribution is 5.79. The van der Waals surface area contributed by atoms with Crippen LogP contribution in [0.15, 0.2) is 24.4 Å². The molecule has 0 atom stereocenters. The standard InChI is InChI=1S/C11H14N2O/c14-10-4-3-8-13(9-6-10)11-5-1-2-7-12-11/h1-2,5,7H,3-4,6,8-9H2. The van der Waals surface area contributed by atoms with Crippen LogP contribution in [0.3, 0.4) is 0 Å². The van der Waals surface area contributed by atoms with Crippen LogP contribution < -0.4 is 4.90 Å². The van der Waals surface area contributed by atoms with Gasteiger partial charge in [-0.1, -0.05) is 6.07 Å². The Labute approximate surface area is 83.8 Å². The lowest BCUT2D eigenvalue weighted by Crippen LogP contribution is -2.24. The number of carbonyl (C=O) groups excluding carboxylic acids is 1. The van der Waals surface area contributed by atoms with Gasteiger partial charge >= 0.3 is 0 Å². The number of aromatic nitrogens is 1. The Morgan fingerprint density at radius 2 is 2.14 bits per heavy atom. The maximum absolute atomic E-state index is 11.2. The van der Waals surface area contributed by atoms with Crippen LogP contribution in [0, 0.1) is 0 Å². The lowest BCUT2D eigenvalue weighted by atomic mass is 10.2. The maximum atomic E-state index is 11.2. The molecule has 0 aliphatic carbocycles. The fourth-order valence-electron chi connectivity index (χ4n) is 1.73. The van der Waals surface area contributed by atoms with E-state index in [0.717, 1.165) is 31.7 Å². The molecule has 1 aliphatic rings. The Morgan fingerprint density at radius 3 is 2.93 bits per heavy atom. The van der Waals surface area contributed by atoms with E-state index in [9.17, 15) is 4.79 Å². The van der Waals surface area contributed by atoms with Gasteiger partial charge < -0.3 is 4.90 Å². The Bertz CT molecular complexity index is 310. The van der Waals surface area contributed by atoms with Gasteiger partial charge in [0.2, 0.25) is 0 Å². The Hall–Kier alpha value is -1.38. The minimum atomic E-state index is 0.378. The summed E-state index contributed by atoms with van der Waals surface area (Å²) in [5.41, 5.74) is 0. The van der Waals surface area contributed by atoms with E-state index in [1.54, 1.807) is 6.20 Å². The van der Waals surface area contributed by atoms with Crippen molar-refractivity contribution in [2.45, 2.75) is 19.3 Å². The van der Waals surface area contributed by atoms with Crippen LogP contribution >= 0.6 is 0 Å². The minimum Gasteiger partial charge on any atom is -0.356 e. The van der Waals surface area contributed by atoms with Crippen molar-refractivity contribution in [3.63, 3.8) is 0 Å². The SMILES string of the molecule is O=C1CCCN(c2ccccn2)CC1. The molecule has 1 saturated heterocycles. The first-order valence-corrected chi connectivity index (χ1v) is 5.04. The summed E-state index contributed by atoms with van der Waals surface area (Å²) < 4.78 is 0. The summed E-state index contributed by atoms with van der Waals surface area (Å²) in [6, 6.07) is 5.89. The van der Waals surface area contributed by atoms with Crippen molar-refractivity contribution >= 4 is 11.6 Å². The Kier molecular flexibility index (Phi) is 2.77. The smallest absolute Gasteiger partial charge is 0.134 e. The van der Waals surface area contributed by atoms with Crippen LogP contribution in [-0.2, 0) is 4.79 Å². The molecule has 3 heteroatoms. The molecular weight excluding hydrogens is 176 g/mol. The van der Waals surface area contributed by atoms with Gasteiger partial charge in [0.25, 0.3) is 0 Å². The normalized spacial score (nSPS) is 18.0. The van der Waals surface area contributed by atoms with Gasteiger partial charge in [0.15, 0.2) is 0 Å². The molecule has 0 unspecified atom stereocenters. The number of ketones is 1. The zero-order chi connectivity index (χ0) is 9.80. The third-order valence-corrected chi connectivity index (χ3v) is 2.52. The summed E-state index contributed by atoms with van der Waals surface area (Å²) in [4.78, 5) is 17.7. The van der Waals surface area contributed by atoms with Crippen molar-refractivity contribution in [3.05, 3.63) is 24.4 Å². The van der Waals surface area contributed by atoms with Gasteiger partial charge in [-0.3, -0.25) is 4.79 Å². The van der Waals surface area contributed by atoms with Gasteiger partial charge in [0.05, 0.1) is 0 Å². The van der Waals surface area contributed by atoms with Gasteiger partial charge in [-0.05, 0) is 18.6 Å². The molecule has 0 N–H and O–H groups in total. The van der Waals surface area contributed by atoms with E-state index < -0.39 is 0 Å². The number of hydrogen-bond donors (Lipinski definition) is 0. The fraction of sp³-hybridized carbons (Fsp3) is 0.455. The molecule has 2 rings (SSSR count). The molecule has 3 nitrogen and oxygen atoms in total. The summed E-state index contributed by atoms with van der Waals surface area (Å²) in [6.45, 7) is 1.76. The summed E-state index contributed by atoms with van der Waals surface area (Å²) in [5.74, 6) is 1.37. The van der Waals surface area contributed by atoms with Gasteiger partial charge in [-0.15, -0.1) is 0 Å². The van der Waals surface area contributed by atoms with Crippen molar-refractivity contribution in [1.29, 1.82) is 0 Å². The summed E-state index contributed by atoms with van der Waals surface area (Å²) in [7, 11) is 0. The van der Waals surface area contributed by atoms with Gasteiger partial charge in [-0.25, -0.2) is 4.98 Å². The molecular formula is C11H14N2O. The maximum Gasteiger partial charge on any atom is 0.134 e. The number of anilines is 1. The second kappa shape index (κ2) is 4.22. The van der Waals surface area contributed by atoms with E-state index in [2.05, 4.69) is 9.88 Å². The van der Waals surface area contributed by atoms with E-state index in [4.69, 9.17) is 0 Å². The van der Waals surface area contributed by atoms with Crippen LogP contribution in [0.2, 0.25) is 0 Å². The van der Waals surface area contributed by atoms with Crippen LogP contribution in [-0.4, -0.2) is 23.9 Å². The van der Waals surface area contributed by atoms with Gasteiger partial charge in [-0.2, -0.15) is 0 Å². The second-order valence-corrected chi connectivity index (χ2v) is 3.57. The van der Waals surface area contributed by atoms with Gasteiger partial charge in [0.1, 0.15) is 11.6 Å². The third kappa shape index (κ3) is 2.10. The first-order chi connectivity index (χ1) is 6.86. The molecule has 1 fully saturated rings. The topological polar surface area (TPSA) is 33.2 Å². The van der Waals surface area contributed by atoms with Crippen molar-refractivity contribution in [2.75, 3.05) is 18.0 Å². The number of rotatable bonds is 1. The highest BCUT2D eigenvalue weighted by Gasteiger charge is 2.14. The van der Waals surface area contributed by atoms with E-state index in [1.165, 1.54) is 0 Å². The number of carbonyl (C=O) groups is 1. The average molecular weight is 190 g/mol. The third-order valence-electron chi connectivity index (χ3n) is 2.52. The summed E-state index contributed by atoms with van der Waals surface area (Å²) >= 11 is 0. The van der Waals surface area contributed by atoms with Crippen molar-refractivity contribution in [1.82, 2.24) is 4.98 Å². The first kappa shape index (κ1) is 9.19. The number of hydrogen-bond acceptors (Lipinski definition) is 3. The fourth-order valence-corrected chi connectivity index (χ4v) is 1.73. The lowest BCUT2D eigenvalue weighted by molar-refractivity contribution is -0.118. The van der Waals surface area contributed by atoms with Crippen LogP contribution in [0.25, 0.3) is 0 Å². The van der Waals surface area contributed by atoms with Crippen LogP contribution in [0.5, 0.6) is 0 Å². The van der Waals surface area contributed by atoms with Crippen molar-refractivity contribution < 1.29 is 4.79 Å². The average Bonchev–Trinajstić information content (AvgIpc) is 2.44. The van der Waals surface area contributed by atoms with E-state index in [0.29, 0.717) is 12.2 Å². The summed E-state index contributed by atoms with van der Waals surface area (Å²) in [6.07, 6.45) is 4.14. The Balaban J connectivity index is 2.08. The number of Topliss-reactive ketones (excluding diaryl/α,β-unsaturated/α-hetero) is 1. The van der Waals surface area contributed by atoms with Crippen molar-refractivity contribution in [3.8, 4) is 0 Å². The lowest BCUT2D eigenvalue weighted by Gasteiger charge is -2.20. The largest absolute Gasteiger partial charge is 0.356 e. The molecule has 1 aliphatic heterocycles. The van der Waals surface area contributed by atoms with E-state index >= 15 is 0 Å². The predicted octanol–water partition coefficient (Wildman–Crippen LogP) is 1.64. The molecule has 0 amide bonds. The van der Waals surface area contributed by atoms with Crippen LogP contribution in [0.1, 0.15) is 19.3 Å². The highest BCUT2D eigenvalue weighted by atomic mass is 16.1. The zero-order valence-electron chi connectivity index (χ0n) is 8.15. The molecule has 74 valence electrons. The first-order valence-electron chi connectivity index (χ1n) is 5.04. The van der Waals surface area contributed by atoms with E-state index in [-0.39, 0.29) is 0 Å². The van der Waals surface area contributed by atoms with Gasteiger partial charge in [0, 0.05) is 32.1 Å². The molecule has 14 heavy (non-hydrogen) atoms. The Morgan fingerprint density at radius 1 is 1.21 bits per heavy atom. The molecule has 0 spiro atoms. The molecule has 0 aromatic carbocycles. The molecule has 0 radical (unpaired) electrons. The minimum absolute atomic E-state index is 0.378. The monoisotopic (exact) mass is 190 g/mol. The molecule has 1 aromatic rings. The number of nitrogens with zero attached hydrogens (tertiary/aromatic N) is 2.